The number of hydrogen-bond acceptors (Lipinski definition) is 6. The molecule has 3 aromatic heterocycles. The molecular formula is C21H22F3N7O4. The van der Waals surface area contributed by atoms with Crippen molar-refractivity contribution in [2.24, 2.45) is 0 Å². The molecule has 1 atom stereocenters. The van der Waals surface area contributed by atoms with E-state index in [9.17, 15) is 22.8 Å². The van der Waals surface area contributed by atoms with Gasteiger partial charge in [0.2, 0.25) is 5.91 Å². The zero-order valence-corrected chi connectivity index (χ0v) is 18.5. The Hall–Kier alpha value is -4.23. The summed E-state index contributed by atoms with van der Waals surface area (Å²) in [7, 11) is 0. The first-order valence-corrected chi connectivity index (χ1v) is 10.4. The number of halogens is 3. The minimum Gasteiger partial charge on any atom is -0.475 e. The van der Waals surface area contributed by atoms with Crippen molar-refractivity contribution in [2.45, 2.75) is 38.7 Å². The van der Waals surface area contributed by atoms with Gasteiger partial charge in [-0.15, -0.1) is 0 Å². The fraction of sp³-hybridized carbons (Fsp3) is 0.333. The number of aliphatic carboxylic acids is 1. The lowest BCUT2D eigenvalue weighted by Crippen LogP contribution is -2.41. The molecule has 11 nitrogen and oxygen atoms in total. The molecule has 1 aliphatic heterocycles. The lowest BCUT2D eigenvalue weighted by Gasteiger charge is -2.33. The summed E-state index contributed by atoms with van der Waals surface area (Å²) in [5, 5.41) is 16.6. The van der Waals surface area contributed by atoms with Gasteiger partial charge in [0.05, 0.1) is 18.2 Å². The first-order chi connectivity index (χ1) is 16.6. The number of imidazole rings is 1. The van der Waals surface area contributed by atoms with E-state index in [2.05, 4.69) is 25.5 Å². The standard InChI is InChI=1S/C19H21N7O2.C2HF3O2/c1-13-18-23-15(9-17(27)21-11-14-3-2-5-20-10-14)12-25(18)7-8-26(13)19(28)16-4-6-22-24-16;3-2(4,5)1(6)7/h2-6,10,12-13H,7-9,11H2,1H3,(H,21,27)(H,22,24);(H,6,7). The molecule has 3 N–H and O–H groups in total. The number of rotatable bonds is 5. The van der Waals surface area contributed by atoms with Crippen LogP contribution < -0.4 is 5.32 Å². The van der Waals surface area contributed by atoms with Crippen molar-refractivity contribution in [1.29, 1.82) is 0 Å². The van der Waals surface area contributed by atoms with E-state index >= 15 is 0 Å². The van der Waals surface area contributed by atoms with Crippen LogP contribution in [-0.4, -0.2) is 65.2 Å². The summed E-state index contributed by atoms with van der Waals surface area (Å²) in [5.41, 5.74) is 2.10. The number of H-pyrrole nitrogens is 1. The molecule has 0 aliphatic carbocycles. The van der Waals surface area contributed by atoms with Gasteiger partial charge >= 0.3 is 12.1 Å². The van der Waals surface area contributed by atoms with E-state index in [4.69, 9.17) is 9.90 Å². The van der Waals surface area contributed by atoms with E-state index in [0.717, 1.165) is 11.4 Å². The van der Waals surface area contributed by atoms with Crippen molar-refractivity contribution >= 4 is 17.8 Å². The molecule has 0 bridgehead atoms. The van der Waals surface area contributed by atoms with Gasteiger partial charge in [0, 0.05) is 44.4 Å². The van der Waals surface area contributed by atoms with Crippen LogP contribution in [-0.2, 0) is 29.1 Å². The monoisotopic (exact) mass is 493 g/mol. The largest absolute Gasteiger partial charge is 0.490 e. The maximum atomic E-state index is 12.6. The third-order valence-electron chi connectivity index (χ3n) is 5.07. The first-order valence-electron chi connectivity index (χ1n) is 10.4. The Balaban J connectivity index is 0.000000429. The predicted octanol–water partition coefficient (Wildman–Crippen LogP) is 1.71. The van der Waals surface area contributed by atoms with E-state index < -0.39 is 12.1 Å². The number of nitrogens with zero attached hydrogens (tertiary/aromatic N) is 5. The minimum absolute atomic E-state index is 0.0997. The maximum absolute atomic E-state index is 12.6. The van der Waals surface area contributed by atoms with Gasteiger partial charge < -0.3 is 19.9 Å². The minimum atomic E-state index is -5.08. The summed E-state index contributed by atoms with van der Waals surface area (Å²) >= 11 is 0. The second-order valence-electron chi connectivity index (χ2n) is 7.55. The summed E-state index contributed by atoms with van der Waals surface area (Å²) in [4.78, 5) is 44.2. The Kier molecular flexibility index (Phi) is 7.83. The molecule has 0 saturated heterocycles. The van der Waals surface area contributed by atoms with E-state index in [-0.39, 0.29) is 24.3 Å². The van der Waals surface area contributed by atoms with Crippen molar-refractivity contribution in [1.82, 2.24) is 34.9 Å². The highest BCUT2D eigenvalue weighted by molar-refractivity contribution is 5.92. The summed E-state index contributed by atoms with van der Waals surface area (Å²) in [5.74, 6) is -2.17. The van der Waals surface area contributed by atoms with Crippen LogP contribution in [0.3, 0.4) is 0 Å². The normalized spacial score (nSPS) is 15.0. The topological polar surface area (TPSA) is 146 Å². The maximum Gasteiger partial charge on any atom is 0.490 e. The quantitative estimate of drug-likeness (QED) is 0.490. The highest BCUT2D eigenvalue weighted by Gasteiger charge is 2.38. The molecule has 1 aliphatic rings. The Bertz CT molecular complexity index is 1160. The second kappa shape index (κ2) is 10.8. The zero-order chi connectivity index (χ0) is 25.6. The number of fused-ring (bicyclic) bond motifs is 1. The number of carboxylic acid groups (broad SMARTS) is 1. The van der Waals surface area contributed by atoms with Crippen LogP contribution in [0.2, 0.25) is 0 Å². The van der Waals surface area contributed by atoms with Gasteiger partial charge in [-0.3, -0.25) is 19.7 Å². The number of hydrogen-bond donors (Lipinski definition) is 3. The number of amides is 2. The molecule has 35 heavy (non-hydrogen) atoms. The number of carbonyl (C=O) groups is 3. The molecule has 14 heteroatoms. The van der Waals surface area contributed by atoms with Crippen molar-refractivity contribution in [3.63, 3.8) is 0 Å². The molecule has 0 fully saturated rings. The van der Waals surface area contributed by atoms with Crippen LogP contribution >= 0.6 is 0 Å². The van der Waals surface area contributed by atoms with E-state index in [1.165, 1.54) is 0 Å². The van der Waals surface area contributed by atoms with Crippen molar-refractivity contribution in [2.75, 3.05) is 6.54 Å². The van der Waals surface area contributed by atoms with Gasteiger partial charge in [-0.1, -0.05) is 6.07 Å². The number of pyridine rings is 1. The lowest BCUT2D eigenvalue weighted by atomic mass is 10.2. The number of alkyl halides is 3. The Morgan fingerprint density at radius 1 is 1.23 bits per heavy atom. The van der Waals surface area contributed by atoms with Gasteiger partial charge in [0.1, 0.15) is 11.5 Å². The number of carbonyl (C=O) groups excluding carboxylic acids is 2. The van der Waals surface area contributed by atoms with Gasteiger partial charge in [0.25, 0.3) is 5.91 Å². The SMILES string of the molecule is CC1c2nc(CC(=O)NCc3cccnc3)cn2CCN1C(=O)c1ccn[nH]1.O=C(O)C(F)(F)F. The van der Waals surface area contributed by atoms with E-state index in [0.29, 0.717) is 31.0 Å². The number of aromatic amines is 1. The molecule has 0 spiro atoms. The highest BCUT2D eigenvalue weighted by Crippen LogP contribution is 2.26. The van der Waals surface area contributed by atoms with E-state index in [1.807, 2.05) is 29.8 Å². The zero-order valence-electron chi connectivity index (χ0n) is 18.5. The molecule has 4 heterocycles. The van der Waals surface area contributed by atoms with Gasteiger partial charge in [-0.05, 0) is 24.6 Å². The molecule has 0 saturated carbocycles. The summed E-state index contributed by atoms with van der Waals surface area (Å²) in [6.45, 7) is 3.60. The van der Waals surface area contributed by atoms with Gasteiger partial charge in [-0.25, -0.2) is 9.78 Å². The third kappa shape index (κ3) is 6.65. The van der Waals surface area contributed by atoms with Crippen LogP contribution in [0.25, 0.3) is 0 Å². The second-order valence-corrected chi connectivity index (χ2v) is 7.55. The number of carboxylic acids is 1. The third-order valence-corrected chi connectivity index (χ3v) is 5.07. The average molecular weight is 493 g/mol. The Morgan fingerprint density at radius 3 is 2.57 bits per heavy atom. The van der Waals surface area contributed by atoms with Gasteiger partial charge in [-0.2, -0.15) is 18.3 Å². The summed E-state index contributed by atoms with van der Waals surface area (Å²) in [6, 6.07) is 5.23. The van der Waals surface area contributed by atoms with Gasteiger partial charge in [0.15, 0.2) is 0 Å². The highest BCUT2D eigenvalue weighted by atomic mass is 19.4. The molecule has 3 aromatic rings. The smallest absolute Gasteiger partial charge is 0.475 e. The van der Waals surface area contributed by atoms with Crippen molar-refractivity contribution in [3.05, 3.63) is 65.8 Å². The number of nitrogens with one attached hydrogen (secondary N) is 2. The molecule has 0 radical (unpaired) electrons. The van der Waals surface area contributed by atoms with E-state index in [1.54, 1.807) is 29.6 Å². The number of aromatic nitrogens is 5. The van der Waals surface area contributed by atoms with Crippen LogP contribution in [0.15, 0.2) is 43.0 Å². The van der Waals surface area contributed by atoms with Crippen molar-refractivity contribution in [3.8, 4) is 0 Å². The summed E-state index contributed by atoms with van der Waals surface area (Å²) in [6.07, 6.45) is 1.99. The average Bonchev–Trinajstić information content (AvgIpc) is 3.48. The lowest BCUT2D eigenvalue weighted by molar-refractivity contribution is -0.192. The fourth-order valence-corrected chi connectivity index (χ4v) is 3.37. The van der Waals surface area contributed by atoms with Crippen LogP contribution in [0.1, 0.15) is 40.5 Å². The van der Waals surface area contributed by atoms with Crippen LogP contribution in [0.5, 0.6) is 0 Å². The molecule has 1 unspecified atom stereocenters. The van der Waals surface area contributed by atoms with Crippen LogP contribution in [0.4, 0.5) is 13.2 Å². The molecular weight excluding hydrogens is 471 g/mol. The predicted molar refractivity (Wildman–Crippen MR) is 114 cm³/mol. The molecule has 186 valence electrons. The molecule has 0 aromatic carbocycles. The summed E-state index contributed by atoms with van der Waals surface area (Å²) < 4.78 is 33.8. The Labute approximate surface area is 197 Å². The molecule has 2 amide bonds. The fourth-order valence-electron chi connectivity index (χ4n) is 3.37. The van der Waals surface area contributed by atoms with Crippen LogP contribution in [0, 0.1) is 0 Å². The first kappa shape index (κ1) is 25.4. The Morgan fingerprint density at radius 2 is 1.97 bits per heavy atom. The van der Waals surface area contributed by atoms with Crippen molar-refractivity contribution < 1.29 is 32.7 Å². The molecule has 4 rings (SSSR count).